The molecule has 11 nitrogen and oxygen atoms in total. The second kappa shape index (κ2) is 9.90. The van der Waals surface area contributed by atoms with Gasteiger partial charge in [-0.1, -0.05) is 36.4 Å². The molecule has 4 aromatic rings. The number of anilines is 2. The molecular weight excluding hydrogens is 472 g/mol. The number of hydrogen-bond acceptors (Lipinski definition) is 9. The van der Waals surface area contributed by atoms with Crippen LogP contribution in [0, 0.1) is 13.8 Å². The molecule has 3 aromatic carbocycles. The number of aryl methyl sites for hydroxylation is 2. The number of ether oxygens (including phenoxy) is 1. The molecule has 0 spiro atoms. The quantitative estimate of drug-likeness (QED) is 0.270. The van der Waals surface area contributed by atoms with Crippen molar-refractivity contribution >= 4 is 28.9 Å². The third kappa shape index (κ3) is 4.61. The van der Waals surface area contributed by atoms with Crippen LogP contribution < -0.4 is 10.4 Å². The molecule has 0 atom stereocenters. The molecule has 0 aliphatic carbocycles. The highest BCUT2D eigenvalue weighted by Crippen LogP contribution is 2.36. The summed E-state index contributed by atoms with van der Waals surface area (Å²) < 4.78 is 5.59. The zero-order valence-corrected chi connectivity index (χ0v) is 20.4. The van der Waals surface area contributed by atoms with Crippen molar-refractivity contribution in [1.29, 1.82) is 0 Å². The lowest BCUT2D eigenvalue weighted by atomic mass is 10.0. The Morgan fingerprint density at radius 1 is 1.05 bits per heavy atom. The fourth-order valence-electron chi connectivity index (χ4n) is 3.84. The highest BCUT2D eigenvalue weighted by atomic mass is 16.5. The summed E-state index contributed by atoms with van der Waals surface area (Å²) in [6, 6.07) is 18.3. The van der Waals surface area contributed by atoms with E-state index < -0.39 is 5.91 Å². The molecule has 1 aliphatic heterocycles. The maximum Gasteiger partial charge on any atom is 0.304 e. The number of amides is 1. The van der Waals surface area contributed by atoms with Crippen LogP contribution in [-0.2, 0) is 9.53 Å². The van der Waals surface area contributed by atoms with Gasteiger partial charge in [-0.15, -0.1) is 10.2 Å². The van der Waals surface area contributed by atoms with Crippen molar-refractivity contribution in [3.05, 3.63) is 71.8 Å². The van der Waals surface area contributed by atoms with Gasteiger partial charge in [0, 0.05) is 11.1 Å². The Morgan fingerprint density at radius 3 is 2.62 bits per heavy atom. The van der Waals surface area contributed by atoms with Gasteiger partial charge in [0.05, 0.1) is 18.0 Å². The number of nitrogens with one attached hydrogen (secondary N) is 2. The Hall–Kier alpha value is -5.06. The molecule has 0 fully saturated rings. The van der Waals surface area contributed by atoms with Crippen molar-refractivity contribution in [2.75, 3.05) is 17.0 Å². The molecule has 0 unspecified atom stereocenters. The molecule has 0 bridgehead atoms. The van der Waals surface area contributed by atoms with Gasteiger partial charge in [-0.3, -0.25) is 10.2 Å². The average molecular weight is 497 g/mol. The number of phenols is 1. The lowest BCUT2D eigenvalue weighted by molar-refractivity contribution is -0.112. The Bertz CT molecular complexity index is 1530. The minimum Gasteiger partial charge on any atom is -0.505 e. The van der Waals surface area contributed by atoms with Crippen LogP contribution in [0.1, 0.15) is 18.1 Å². The van der Waals surface area contributed by atoms with Crippen LogP contribution in [0.5, 0.6) is 5.75 Å². The van der Waals surface area contributed by atoms with E-state index in [0.29, 0.717) is 29.4 Å². The van der Waals surface area contributed by atoms with Gasteiger partial charge in [-0.25, -0.2) is 5.10 Å². The van der Waals surface area contributed by atoms with Crippen LogP contribution in [0.2, 0.25) is 0 Å². The van der Waals surface area contributed by atoms with Gasteiger partial charge in [0.15, 0.2) is 5.82 Å². The first-order valence-corrected chi connectivity index (χ1v) is 11.6. The Kier molecular flexibility index (Phi) is 6.33. The number of aromatic amines is 1. The predicted molar refractivity (Wildman–Crippen MR) is 140 cm³/mol. The van der Waals surface area contributed by atoms with E-state index in [1.807, 2.05) is 56.3 Å². The first kappa shape index (κ1) is 23.7. The lowest BCUT2D eigenvalue weighted by Gasteiger charge is -2.13. The van der Waals surface area contributed by atoms with E-state index in [1.165, 1.54) is 5.01 Å². The van der Waals surface area contributed by atoms with Gasteiger partial charge in [-0.2, -0.15) is 10.1 Å². The Balaban J connectivity index is 1.44. The van der Waals surface area contributed by atoms with Gasteiger partial charge in [-0.05, 0) is 72.2 Å². The van der Waals surface area contributed by atoms with E-state index in [-0.39, 0.29) is 17.4 Å². The third-order valence-corrected chi connectivity index (χ3v) is 5.92. The lowest BCUT2D eigenvalue weighted by Crippen LogP contribution is -2.29. The maximum atomic E-state index is 13.2. The number of phenolic OH excluding ortho intramolecular Hbond substituents is 1. The molecule has 186 valence electrons. The summed E-state index contributed by atoms with van der Waals surface area (Å²) in [5.41, 5.74) is 7.96. The monoisotopic (exact) mass is 496 g/mol. The van der Waals surface area contributed by atoms with Gasteiger partial charge < -0.3 is 9.84 Å². The summed E-state index contributed by atoms with van der Waals surface area (Å²) in [7, 11) is 0. The number of aromatic nitrogens is 4. The molecule has 0 radical (unpaired) electrons. The topological polar surface area (TPSA) is 141 Å². The molecule has 0 saturated carbocycles. The summed E-state index contributed by atoms with van der Waals surface area (Å²) in [5, 5.41) is 34.8. The number of hydrazone groups is 2. The Morgan fingerprint density at radius 2 is 1.86 bits per heavy atom. The van der Waals surface area contributed by atoms with E-state index in [4.69, 9.17) is 4.74 Å². The molecule has 2 heterocycles. The molecule has 1 amide bonds. The van der Waals surface area contributed by atoms with Crippen LogP contribution in [0.3, 0.4) is 0 Å². The van der Waals surface area contributed by atoms with Crippen LogP contribution in [0.4, 0.5) is 11.4 Å². The second-order valence-electron chi connectivity index (χ2n) is 8.33. The Labute approximate surface area is 212 Å². The van der Waals surface area contributed by atoms with Crippen molar-refractivity contribution in [1.82, 2.24) is 20.6 Å². The summed E-state index contributed by atoms with van der Waals surface area (Å²) >= 11 is 0. The minimum atomic E-state index is -0.441. The first-order chi connectivity index (χ1) is 18.0. The third-order valence-electron chi connectivity index (χ3n) is 5.92. The molecule has 37 heavy (non-hydrogen) atoms. The maximum absolute atomic E-state index is 13.2. The van der Waals surface area contributed by atoms with Crippen LogP contribution >= 0.6 is 0 Å². The number of nitrogens with zero attached hydrogens (tertiary/aromatic N) is 6. The van der Waals surface area contributed by atoms with Crippen LogP contribution in [0.25, 0.3) is 22.5 Å². The number of tetrazole rings is 1. The number of carbonyl (C=O) groups excluding carboxylic acids is 1. The van der Waals surface area contributed by atoms with Gasteiger partial charge in [0.1, 0.15) is 5.75 Å². The zero-order chi connectivity index (χ0) is 25.9. The predicted octanol–water partition coefficient (Wildman–Crippen LogP) is 4.02. The zero-order valence-electron chi connectivity index (χ0n) is 20.4. The standard InChI is InChI=1S/C26H24N8O3/c1-4-37-25-22(26(36)34(31-25)19-12-11-15(2)16(3)13-19)28-27-21-10-6-9-20(23(21)35)17-7-5-8-18(14-17)24-29-32-33-30-24/h5-14,27,35H,4H2,1-3H3,(H,29,30,32,33). The molecule has 1 aromatic heterocycles. The number of para-hydroxylation sites is 1. The van der Waals surface area contributed by atoms with Crippen molar-refractivity contribution in [2.24, 2.45) is 10.2 Å². The average Bonchev–Trinajstić information content (AvgIpc) is 3.54. The van der Waals surface area contributed by atoms with Crippen molar-refractivity contribution in [3.63, 3.8) is 0 Å². The molecular formula is C26H24N8O3. The number of rotatable bonds is 6. The highest BCUT2D eigenvalue weighted by Gasteiger charge is 2.35. The smallest absolute Gasteiger partial charge is 0.304 e. The summed E-state index contributed by atoms with van der Waals surface area (Å²) in [6.45, 7) is 6.08. The molecule has 3 N–H and O–H groups in total. The van der Waals surface area contributed by atoms with E-state index in [0.717, 1.165) is 22.3 Å². The number of H-pyrrole nitrogens is 1. The second-order valence-corrected chi connectivity index (χ2v) is 8.33. The van der Waals surface area contributed by atoms with Crippen molar-refractivity contribution in [3.8, 4) is 28.3 Å². The normalized spacial score (nSPS) is 14.2. The van der Waals surface area contributed by atoms with Gasteiger partial charge >= 0.3 is 5.91 Å². The van der Waals surface area contributed by atoms with Crippen LogP contribution in [-0.4, -0.2) is 49.9 Å². The van der Waals surface area contributed by atoms with E-state index in [2.05, 4.69) is 36.3 Å². The SMILES string of the molecule is CCOC1=NN(c2ccc(C)c(C)c2)C(=O)C1=NNc1cccc(-c2cccc(-c3nnn[nH]3)c2)c1O. The number of hydrogen-bond donors (Lipinski definition) is 3. The summed E-state index contributed by atoms with van der Waals surface area (Å²) in [4.78, 5) is 13.2. The molecule has 5 rings (SSSR count). The number of benzene rings is 3. The number of carbonyl (C=O) groups is 1. The summed E-state index contributed by atoms with van der Waals surface area (Å²) in [5.74, 6) is 0.134. The fraction of sp³-hybridized carbons (Fsp3) is 0.154. The fourth-order valence-corrected chi connectivity index (χ4v) is 3.84. The number of aromatic hydroxyl groups is 1. The molecule has 11 heteroatoms. The summed E-state index contributed by atoms with van der Waals surface area (Å²) in [6.07, 6.45) is 0. The van der Waals surface area contributed by atoms with Crippen molar-refractivity contribution < 1.29 is 14.6 Å². The van der Waals surface area contributed by atoms with E-state index >= 15 is 0 Å². The van der Waals surface area contributed by atoms with Crippen LogP contribution in [0.15, 0.2) is 70.9 Å². The van der Waals surface area contributed by atoms with E-state index in [1.54, 1.807) is 25.1 Å². The molecule has 0 saturated heterocycles. The minimum absolute atomic E-state index is 0.00435. The van der Waals surface area contributed by atoms with Gasteiger partial charge in [0.25, 0.3) is 5.90 Å². The van der Waals surface area contributed by atoms with Gasteiger partial charge in [0.2, 0.25) is 5.71 Å². The molecule has 1 aliphatic rings. The highest BCUT2D eigenvalue weighted by molar-refractivity contribution is 6.70. The largest absolute Gasteiger partial charge is 0.505 e. The van der Waals surface area contributed by atoms with E-state index in [9.17, 15) is 9.90 Å². The first-order valence-electron chi connectivity index (χ1n) is 11.6. The van der Waals surface area contributed by atoms with Crippen molar-refractivity contribution in [2.45, 2.75) is 20.8 Å².